The van der Waals surface area contributed by atoms with E-state index in [2.05, 4.69) is 5.32 Å². The van der Waals surface area contributed by atoms with Crippen LogP contribution in [0.2, 0.25) is 0 Å². The molecule has 2 aromatic rings. The highest BCUT2D eigenvalue weighted by atomic mass is 32.1. The van der Waals surface area contributed by atoms with Crippen LogP contribution in [0, 0.1) is 0 Å². The van der Waals surface area contributed by atoms with E-state index < -0.39 is 0 Å². The summed E-state index contributed by atoms with van der Waals surface area (Å²) in [6, 6.07) is 11.1. The van der Waals surface area contributed by atoms with Crippen LogP contribution in [0.4, 0.5) is 5.69 Å². The number of hydrogen-bond donors (Lipinski definition) is 1. The van der Waals surface area contributed by atoms with Crippen molar-refractivity contribution in [1.29, 1.82) is 0 Å². The molecule has 0 saturated carbocycles. The predicted octanol–water partition coefficient (Wildman–Crippen LogP) is 3.41. The lowest BCUT2D eigenvalue weighted by Gasteiger charge is -2.03. The molecule has 92 valence electrons. The van der Waals surface area contributed by atoms with Gasteiger partial charge >= 0.3 is 0 Å². The number of methoxy groups -OCH3 is 1. The monoisotopic (exact) mass is 259 g/mol. The second kappa shape index (κ2) is 6.02. The molecule has 0 radical (unpaired) electrons. The SMILES string of the molecule is COc1ccc(NC(=O)/C=C\c2cccs2)cc1. The molecule has 1 heterocycles. The van der Waals surface area contributed by atoms with Crippen molar-refractivity contribution < 1.29 is 9.53 Å². The van der Waals surface area contributed by atoms with E-state index in [-0.39, 0.29) is 5.91 Å². The molecule has 0 fully saturated rings. The van der Waals surface area contributed by atoms with Gasteiger partial charge in [0.2, 0.25) is 5.91 Å². The van der Waals surface area contributed by atoms with Gasteiger partial charge in [0.25, 0.3) is 0 Å². The molecule has 1 aromatic heterocycles. The average Bonchev–Trinajstić information content (AvgIpc) is 2.90. The van der Waals surface area contributed by atoms with Crippen molar-refractivity contribution in [2.24, 2.45) is 0 Å². The van der Waals surface area contributed by atoms with Gasteiger partial charge in [0, 0.05) is 16.6 Å². The van der Waals surface area contributed by atoms with Gasteiger partial charge in [0.15, 0.2) is 0 Å². The fourth-order valence-electron chi connectivity index (χ4n) is 1.40. The van der Waals surface area contributed by atoms with Crippen LogP contribution in [-0.4, -0.2) is 13.0 Å². The Labute approximate surface area is 110 Å². The molecule has 2 rings (SSSR count). The summed E-state index contributed by atoms with van der Waals surface area (Å²) < 4.78 is 5.05. The Balaban J connectivity index is 1.94. The van der Waals surface area contributed by atoms with E-state index in [0.717, 1.165) is 16.3 Å². The Bertz CT molecular complexity index is 529. The molecular formula is C14H13NO2S. The molecule has 0 bridgehead atoms. The van der Waals surface area contributed by atoms with Gasteiger partial charge in [-0.2, -0.15) is 0 Å². The number of carbonyl (C=O) groups excluding carboxylic acids is 1. The van der Waals surface area contributed by atoms with Gasteiger partial charge in [-0.05, 0) is 41.8 Å². The number of benzene rings is 1. The Morgan fingerprint density at radius 3 is 2.67 bits per heavy atom. The van der Waals surface area contributed by atoms with Gasteiger partial charge < -0.3 is 10.1 Å². The fraction of sp³-hybridized carbons (Fsp3) is 0.0714. The van der Waals surface area contributed by atoms with E-state index in [4.69, 9.17) is 4.74 Å². The minimum atomic E-state index is -0.145. The lowest BCUT2D eigenvalue weighted by molar-refractivity contribution is -0.111. The van der Waals surface area contributed by atoms with Crippen molar-refractivity contribution in [2.75, 3.05) is 12.4 Å². The molecule has 0 aliphatic rings. The summed E-state index contributed by atoms with van der Waals surface area (Å²) in [6.45, 7) is 0. The van der Waals surface area contributed by atoms with E-state index in [9.17, 15) is 4.79 Å². The molecule has 1 N–H and O–H groups in total. The number of hydrogen-bond acceptors (Lipinski definition) is 3. The van der Waals surface area contributed by atoms with Crippen molar-refractivity contribution in [2.45, 2.75) is 0 Å². The standard InChI is InChI=1S/C14H13NO2S/c1-17-12-6-4-11(5-7-12)15-14(16)9-8-13-3-2-10-18-13/h2-10H,1H3,(H,15,16)/b9-8-. The third-order valence-electron chi connectivity index (χ3n) is 2.30. The number of nitrogens with one attached hydrogen (secondary N) is 1. The number of amides is 1. The van der Waals surface area contributed by atoms with Gasteiger partial charge in [0.05, 0.1) is 7.11 Å². The van der Waals surface area contributed by atoms with E-state index in [1.807, 2.05) is 17.5 Å². The quantitative estimate of drug-likeness (QED) is 0.854. The van der Waals surface area contributed by atoms with Crippen molar-refractivity contribution in [1.82, 2.24) is 0 Å². The minimum absolute atomic E-state index is 0.145. The fourth-order valence-corrected chi connectivity index (χ4v) is 2.02. The zero-order valence-electron chi connectivity index (χ0n) is 9.92. The summed E-state index contributed by atoms with van der Waals surface area (Å²) in [7, 11) is 1.61. The van der Waals surface area contributed by atoms with Gasteiger partial charge in [-0.1, -0.05) is 6.07 Å². The van der Waals surface area contributed by atoms with E-state index in [0.29, 0.717) is 0 Å². The highest BCUT2D eigenvalue weighted by Gasteiger charge is 1.98. The summed E-state index contributed by atoms with van der Waals surface area (Å²) in [6.07, 6.45) is 3.32. The summed E-state index contributed by atoms with van der Waals surface area (Å²) in [5.74, 6) is 0.621. The molecule has 0 atom stereocenters. The normalized spacial score (nSPS) is 10.5. The van der Waals surface area contributed by atoms with Crippen LogP contribution in [-0.2, 0) is 4.79 Å². The minimum Gasteiger partial charge on any atom is -0.497 e. The zero-order chi connectivity index (χ0) is 12.8. The van der Waals surface area contributed by atoms with E-state index in [1.165, 1.54) is 6.08 Å². The highest BCUT2D eigenvalue weighted by Crippen LogP contribution is 2.15. The number of rotatable bonds is 4. The Morgan fingerprint density at radius 1 is 1.28 bits per heavy atom. The van der Waals surface area contributed by atoms with Crippen LogP contribution in [0.3, 0.4) is 0 Å². The van der Waals surface area contributed by atoms with Crippen LogP contribution in [0.15, 0.2) is 47.9 Å². The summed E-state index contributed by atoms with van der Waals surface area (Å²) in [4.78, 5) is 12.7. The Morgan fingerprint density at radius 2 is 2.06 bits per heavy atom. The molecule has 18 heavy (non-hydrogen) atoms. The van der Waals surface area contributed by atoms with Crippen LogP contribution in [0.1, 0.15) is 4.88 Å². The zero-order valence-corrected chi connectivity index (χ0v) is 10.7. The van der Waals surface area contributed by atoms with Crippen molar-refractivity contribution in [3.63, 3.8) is 0 Å². The molecule has 0 saturated heterocycles. The first-order valence-electron chi connectivity index (χ1n) is 5.44. The first-order chi connectivity index (χ1) is 8.78. The van der Waals surface area contributed by atoms with Gasteiger partial charge in [0.1, 0.15) is 5.75 Å². The van der Waals surface area contributed by atoms with Gasteiger partial charge in [-0.3, -0.25) is 4.79 Å². The summed E-state index contributed by atoms with van der Waals surface area (Å²) in [5.41, 5.74) is 0.747. The van der Waals surface area contributed by atoms with E-state index in [1.54, 1.807) is 48.8 Å². The van der Waals surface area contributed by atoms with Crippen LogP contribution < -0.4 is 10.1 Å². The van der Waals surface area contributed by atoms with Crippen molar-refractivity contribution in [3.8, 4) is 5.75 Å². The maximum atomic E-state index is 11.6. The number of carbonyl (C=O) groups is 1. The number of ether oxygens (including phenoxy) is 1. The Hall–Kier alpha value is -2.07. The van der Waals surface area contributed by atoms with Crippen molar-refractivity contribution in [3.05, 3.63) is 52.7 Å². The van der Waals surface area contributed by atoms with Crippen LogP contribution >= 0.6 is 11.3 Å². The predicted molar refractivity (Wildman–Crippen MR) is 75.0 cm³/mol. The molecule has 3 nitrogen and oxygen atoms in total. The molecule has 0 spiro atoms. The first-order valence-corrected chi connectivity index (χ1v) is 6.32. The third kappa shape index (κ3) is 3.46. The second-order valence-corrected chi connectivity index (χ2v) is 4.55. The molecule has 0 unspecified atom stereocenters. The van der Waals surface area contributed by atoms with E-state index >= 15 is 0 Å². The lowest BCUT2D eigenvalue weighted by atomic mass is 10.3. The molecule has 0 aliphatic carbocycles. The maximum Gasteiger partial charge on any atom is 0.248 e. The Kier molecular flexibility index (Phi) is 4.15. The molecule has 1 aromatic carbocycles. The van der Waals surface area contributed by atoms with Crippen LogP contribution in [0.5, 0.6) is 5.75 Å². The second-order valence-electron chi connectivity index (χ2n) is 3.57. The third-order valence-corrected chi connectivity index (χ3v) is 3.14. The molecule has 4 heteroatoms. The summed E-state index contributed by atoms with van der Waals surface area (Å²) in [5, 5.41) is 4.75. The number of anilines is 1. The highest BCUT2D eigenvalue weighted by molar-refractivity contribution is 7.10. The average molecular weight is 259 g/mol. The topological polar surface area (TPSA) is 38.3 Å². The first kappa shape index (κ1) is 12.4. The maximum absolute atomic E-state index is 11.6. The molecule has 0 aliphatic heterocycles. The van der Waals surface area contributed by atoms with Crippen molar-refractivity contribution >= 4 is 29.0 Å². The molecular weight excluding hydrogens is 246 g/mol. The molecule has 1 amide bonds. The number of thiophene rings is 1. The lowest BCUT2D eigenvalue weighted by Crippen LogP contribution is -2.07. The van der Waals surface area contributed by atoms with Crippen LogP contribution in [0.25, 0.3) is 6.08 Å². The smallest absolute Gasteiger partial charge is 0.248 e. The largest absolute Gasteiger partial charge is 0.497 e. The van der Waals surface area contributed by atoms with Gasteiger partial charge in [-0.15, -0.1) is 11.3 Å². The van der Waals surface area contributed by atoms with Gasteiger partial charge in [-0.25, -0.2) is 0 Å². The summed E-state index contributed by atoms with van der Waals surface area (Å²) >= 11 is 1.59.